The minimum Gasteiger partial charge on any atom is -0.343 e. The molecule has 1 N–H and O–H groups in total. The molecular weight excluding hydrogens is 377 g/mol. The maximum atomic E-state index is 13.3. The number of para-hydroxylation sites is 2. The molecule has 0 bridgehead atoms. The smallest absolute Gasteiger partial charge is 0.269 e. The first-order chi connectivity index (χ1) is 13.6. The molecule has 2 aromatic heterocycles. The minimum atomic E-state index is -0.420. The summed E-state index contributed by atoms with van der Waals surface area (Å²) in [6.07, 6.45) is 1.21. The molecule has 1 atom stereocenters. The Bertz CT molecular complexity index is 1170. The quantitative estimate of drug-likeness (QED) is 0.564. The molecule has 0 saturated carbocycles. The summed E-state index contributed by atoms with van der Waals surface area (Å²) >= 11 is 1.50. The van der Waals surface area contributed by atoms with E-state index in [1.54, 1.807) is 30.3 Å². The standard InChI is InChI=1S/C21H16FN3O2S/c22-15-9-7-14(8-10-15)21(18-6-3-11-28-18)24-19(26)13-25-17-5-2-1-4-16(17)23-12-20(25)27/h1-12,21H,13H2,(H,24,26)/t21-/m1/s1. The van der Waals surface area contributed by atoms with Crippen molar-refractivity contribution in [3.05, 3.63) is 98.9 Å². The van der Waals surface area contributed by atoms with E-state index >= 15 is 0 Å². The number of carbonyl (C=O) groups excluding carboxylic acids is 1. The molecule has 4 rings (SSSR count). The number of nitrogens with zero attached hydrogens (tertiary/aromatic N) is 2. The van der Waals surface area contributed by atoms with E-state index in [4.69, 9.17) is 0 Å². The van der Waals surface area contributed by atoms with Crippen molar-refractivity contribution in [1.29, 1.82) is 0 Å². The second-order valence-electron chi connectivity index (χ2n) is 6.24. The first kappa shape index (κ1) is 18.1. The average molecular weight is 393 g/mol. The molecule has 0 spiro atoms. The van der Waals surface area contributed by atoms with Crippen LogP contribution in [0.5, 0.6) is 0 Å². The highest BCUT2D eigenvalue weighted by atomic mass is 32.1. The van der Waals surface area contributed by atoms with Crippen LogP contribution >= 0.6 is 11.3 Å². The monoisotopic (exact) mass is 393 g/mol. The summed E-state index contributed by atoms with van der Waals surface area (Å²) in [7, 11) is 0. The molecule has 0 aliphatic rings. The van der Waals surface area contributed by atoms with Crippen LogP contribution in [-0.4, -0.2) is 15.5 Å². The predicted molar refractivity (Wildman–Crippen MR) is 107 cm³/mol. The van der Waals surface area contributed by atoms with Crippen LogP contribution in [0.15, 0.2) is 77.0 Å². The number of nitrogens with one attached hydrogen (secondary N) is 1. The van der Waals surface area contributed by atoms with Crippen molar-refractivity contribution in [2.75, 3.05) is 0 Å². The highest BCUT2D eigenvalue weighted by molar-refractivity contribution is 7.10. The summed E-state index contributed by atoms with van der Waals surface area (Å²) in [6.45, 7) is -0.134. The molecule has 5 nitrogen and oxygen atoms in total. The number of thiophene rings is 1. The van der Waals surface area contributed by atoms with Gasteiger partial charge in [0.2, 0.25) is 5.91 Å². The Morgan fingerprint density at radius 3 is 2.64 bits per heavy atom. The largest absolute Gasteiger partial charge is 0.343 e. The molecule has 4 aromatic rings. The summed E-state index contributed by atoms with van der Waals surface area (Å²) < 4.78 is 14.7. The van der Waals surface area contributed by atoms with Gasteiger partial charge in [-0.25, -0.2) is 9.37 Å². The normalized spacial score (nSPS) is 12.0. The van der Waals surface area contributed by atoms with Gasteiger partial charge in [-0.05, 0) is 41.3 Å². The van der Waals surface area contributed by atoms with E-state index in [1.807, 2.05) is 23.6 Å². The van der Waals surface area contributed by atoms with Crippen LogP contribution in [0.25, 0.3) is 11.0 Å². The Kier molecular flexibility index (Phi) is 4.99. The second-order valence-corrected chi connectivity index (χ2v) is 7.22. The van der Waals surface area contributed by atoms with Crippen LogP contribution in [0.1, 0.15) is 16.5 Å². The fourth-order valence-electron chi connectivity index (χ4n) is 3.06. The zero-order valence-corrected chi connectivity index (χ0v) is 15.5. The van der Waals surface area contributed by atoms with Gasteiger partial charge >= 0.3 is 0 Å². The molecule has 2 aromatic carbocycles. The van der Waals surface area contributed by atoms with Crippen LogP contribution in [0.3, 0.4) is 0 Å². The lowest BCUT2D eigenvalue weighted by Crippen LogP contribution is -2.35. The summed E-state index contributed by atoms with van der Waals surface area (Å²) in [5.74, 6) is -0.656. The van der Waals surface area contributed by atoms with Gasteiger partial charge in [-0.3, -0.25) is 14.2 Å². The lowest BCUT2D eigenvalue weighted by Gasteiger charge is -2.19. The molecule has 0 aliphatic carbocycles. The third-order valence-corrected chi connectivity index (χ3v) is 5.33. The Morgan fingerprint density at radius 2 is 1.89 bits per heavy atom. The first-order valence-electron chi connectivity index (χ1n) is 8.64. The molecule has 140 valence electrons. The number of hydrogen-bond acceptors (Lipinski definition) is 4. The molecule has 7 heteroatoms. The van der Waals surface area contributed by atoms with Crippen molar-refractivity contribution >= 4 is 28.3 Å². The number of halogens is 1. The van der Waals surface area contributed by atoms with Gasteiger partial charge in [-0.1, -0.05) is 30.3 Å². The zero-order chi connectivity index (χ0) is 19.5. The SMILES string of the molecule is O=C(Cn1c(=O)cnc2ccccc21)N[C@H](c1ccc(F)cc1)c1cccs1. The lowest BCUT2D eigenvalue weighted by molar-refractivity contribution is -0.122. The number of benzene rings is 2. The Hall–Kier alpha value is -3.32. The third-order valence-electron chi connectivity index (χ3n) is 4.39. The summed E-state index contributed by atoms with van der Waals surface area (Å²) in [6, 6.07) is 16.6. The van der Waals surface area contributed by atoms with Gasteiger partial charge in [0.1, 0.15) is 12.4 Å². The fraction of sp³-hybridized carbons (Fsp3) is 0.0952. The predicted octanol–water partition coefficient (Wildman–Crippen LogP) is 3.50. The van der Waals surface area contributed by atoms with E-state index in [-0.39, 0.29) is 23.8 Å². The molecule has 0 unspecified atom stereocenters. The van der Waals surface area contributed by atoms with E-state index in [0.717, 1.165) is 10.4 Å². The van der Waals surface area contributed by atoms with Crippen molar-refractivity contribution in [3.63, 3.8) is 0 Å². The van der Waals surface area contributed by atoms with Crippen LogP contribution < -0.4 is 10.9 Å². The van der Waals surface area contributed by atoms with E-state index < -0.39 is 6.04 Å². The summed E-state index contributed by atoms with van der Waals surface area (Å²) in [5.41, 5.74) is 1.66. The van der Waals surface area contributed by atoms with Crippen molar-refractivity contribution in [3.8, 4) is 0 Å². The van der Waals surface area contributed by atoms with E-state index in [1.165, 1.54) is 34.2 Å². The fourth-order valence-corrected chi connectivity index (χ4v) is 3.86. The number of amides is 1. The van der Waals surface area contributed by atoms with Crippen molar-refractivity contribution < 1.29 is 9.18 Å². The topological polar surface area (TPSA) is 64.0 Å². The van der Waals surface area contributed by atoms with Gasteiger partial charge in [0.15, 0.2) is 0 Å². The van der Waals surface area contributed by atoms with Crippen molar-refractivity contribution in [1.82, 2.24) is 14.9 Å². The zero-order valence-electron chi connectivity index (χ0n) is 14.7. The molecule has 0 saturated heterocycles. The first-order valence-corrected chi connectivity index (χ1v) is 9.52. The number of aromatic nitrogens is 2. The molecular formula is C21H16FN3O2S. The van der Waals surface area contributed by atoms with E-state index in [0.29, 0.717) is 11.0 Å². The van der Waals surface area contributed by atoms with Gasteiger partial charge in [0.25, 0.3) is 5.56 Å². The van der Waals surface area contributed by atoms with E-state index in [2.05, 4.69) is 10.3 Å². The molecule has 28 heavy (non-hydrogen) atoms. The average Bonchev–Trinajstić information content (AvgIpc) is 3.24. The molecule has 0 aliphatic heterocycles. The van der Waals surface area contributed by atoms with E-state index in [9.17, 15) is 14.0 Å². The Labute approximate surface area is 164 Å². The van der Waals surface area contributed by atoms with Crippen LogP contribution in [0.4, 0.5) is 4.39 Å². The van der Waals surface area contributed by atoms with Gasteiger partial charge in [-0.2, -0.15) is 0 Å². The number of carbonyl (C=O) groups is 1. The maximum Gasteiger partial charge on any atom is 0.269 e. The van der Waals surface area contributed by atoms with Gasteiger partial charge < -0.3 is 5.32 Å². The van der Waals surface area contributed by atoms with Gasteiger partial charge in [-0.15, -0.1) is 11.3 Å². The van der Waals surface area contributed by atoms with Crippen LogP contribution in [-0.2, 0) is 11.3 Å². The summed E-state index contributed by atoms with van der Waals surface area (Å²) in [5, 5.41) is 4.88. The van der Waals surface area contributed by atoms with Crippen LogP contribution in [0.2, 0.25) is 0 Å². The molecule has 0 fully saturated rings. The van der Waals surface area contributed by atoms with Crippen molar-refractivity contribution in [2.24, 2.45) is 0 Å². The van der Waals surface area contributed by atoms with Crippen molar-refractivity contribution in [2.45, 2.75) is 12.6 Å². The van der Waals surface area contributed by atoms with Crippen LogP contribution in [0, 0.1) is 5.82 Å². The highest BCUT2D eigenvalue weighted by Gasteiger charge is 2.19. The molecule has 2 heterocycles. The minimum absolute atomic E-state index is 0.134. The third kappa shape index (κ3) is 3.70. The Balaban J connectivity index is 1.63. The Morgan fingerprint density at radius 1 is 1.11 bits per heavy atom. The summed E-state index contributed by atoms with van der Waals surface area (Å²) in [4.78, 5) is 30.1. The number of hydrogen-bond donors (Lipinski definition) is 1. The van der Waals surface area contributed by atoms with Gasteiger partial charge in [0, 0.05) is 4.88 Å². The van der Waals surface area contributed by atoms with Gasteiger partial charge in [0.05, 0.1) is 23.3 Å². The number of fused-ring (bicyclic) bond motifs is 1. The maximum absolute atomic E-state index is 13.3. The molecule has 1 amide bonds. The molecule has 0 radical (unpaired) electrons. The lowest BCUT2D eigenvalue weighted by atomic mass is 10.1. The second kappa shape index (κ2) is 7.74. The number of rotatable bonds is 5. The highest BCUT2D eigenvalue weighted by Crippen LogP contribution is 2.26.